The highest BCUT2D eigenvalue weighted by atomic mass is 32.2. The highest BCUT2D eigenvalue weighted by molar-refractivity contribution is 7.94. The van der Waals surface area contributed by atoms with Crippen molar-refractivity contribution in [3.63, 3.8) is 0 Å². The first-order valence-electron chi connectivity index (χ1n) is 4.94. The van der Waals surface area contributed by atoms with Crippen LogP contribution in [0.1, 0.15) is 6.92 Å². The van der Waals surface area contributed by atoms with Gasteiger partial charge in [0, 0.05) is 6.26 Å². The van der Waals surface area contributed by atoms with Gasteiger partial charge in [0.15, 0.2) is 20.1 Å². The average Bonchev–Trinajstić information content (AvgIpc) is 2.26. The SMILES string of the molecule is CC(C(=O)O)S(=O)(=O)Nc1ccc(S(C)(=O)=O)nc1. The Hall–Kier alpha value is -1.68. The van der Waals surface area contributed by atoms with Crippen molar-refractivity contribution in [2.24, 2.45) is 0 Å². The van der Waals surface area contributed by atoms with Gasteiger partial charge in [0.2, 0.25) is 10.0 Å². The van der Waals surface area contributed by atoms with Crippen molar-refractivity contribution in [2.75, 3.05) is 11.0 Å². The number of aliphatic carboxylic acids is 1. The number of carbonyl (C=O) groups is 1. The van der Waals surface area contributed by atoms with E-state index in [9.17, 15) is 21.6 Å². The number of hydrogen-bond donors (Lipinski definition) is 2. The minimum absolute atomic E-state index is 0.0134. The number of nitrogens with one attached hydrogen (secondary N) is 1. The first kappa shape index (κ1) is 15.4. The molecule has 0 bridgehead atoms. The summed E-state index contributed by atoms with van der Waals surface area (Å²) in [5.74, 6) is -1.49. The monoisotopic (exact) mass is 308 g/mol. The predicted molar refractivity (Wildman–Crippen MR) is 67.0 cm³/mol. The standard InChI is InChI=1S/C9H12N2O6S2/c1-6(9(12)13)19(16,17)11-7-3-4-8(10-5-7)18(2,14)15/h3-6,11H,1-2H3,(H,12,13). The Morgan fingerprint density at radius 2 is 1.89 bits per heavy atom. The molecule has 8 nitrogen and oxygen atoms in total. The number of anilines is 1. The van der Waals surface area contributed by atoms with E-state index in [-0.39, 0.29) is 10.7 Å². The van der Waals surface area contributed by atoms with Crippen molar-refractivity contribution < 1.29 is 26.7 Å². The Morgan fingerprint density at radius 1 is 1.32 bits per heavy atom. The quantitative estimate of drug-likeness (QED) is 0.763. The molecule has 19 heavy (non-hydrogen) atoms. The molecular formula is C9H12N2O6S2. The largest absolute Gasteiger partial charge is 0.480 e. The van der Waals surface area contributed by atoms with Gasteiger partial charge in [-0.15, -0.1) is 0 Å². The second-order valence-electron chi connectivity index (χ2n) is 3.78. The van der Waals surface area contributed by atoms with Crippen LogP contribution in [-0.2, 0) is 24.7 Å². The predicted octanol–water partition coefficient (Wildman–Crippen LogP) is -0.300. The van der Waals surface area contributed by atoms with Crippen LogP contribution in [0.4, 0.5) is 5.69 Å². The lowest BCUT2D eigenvalue weighted by atomic mass is 10.4. The highest BCUT2D eigenvalue weighted by Crippen LogP contribution is 2.13. The van der Waals surface area contributed by atoms with Gasteiger partial charge < -0.3 is 5.11 Å². The molecule has 1 aromatic rings. The molecule has 0 saturated heterocycles. The van der Waals surface area contributed by atoms with Crippen molar-refractivity contribution in [1.82, 2.24) is 4.98 Å². The summed E-state index contributed by atoms with van der Waals surface area (Å²) in [5, 5.41) is 6.79. The van der Waals surface area contributed by atoms with Crippen LogP contribution in [0.2, 0.25) is 0 Å². The fourth-order valence-corrected chi connectivity index (χ4v) is 2.50. The number of nitrogens with zero attached hydrogens (tertiary/aromatic N) is 1. The Labute approximate surface area is 110 Å². The molecule has 0 aliphatic rings. The highest BCUT2D eigenvalue weighted by Gasteiger charge is 2.27. The van der Waals surface area contributed by atoms with E-state index in [2.05, 4.69) is 4.98 Å². The van der Waals surface area contributed by atoms with Crippen molar-refractivity contribution in [3.05, 3.63) is 18.3 Å². The molecule has 1 atom stereocenters. The van der Waals surface area contributed by atoms with Gasteiger partial charge in [-0.1, -0.05) is 0 Å². The van der Waals surface area contributed by atoms with Gasteiger partial charge in [-0.3, -0.25) is 9.52 Å². The molecule has 0 radical (unpaired) electrons. The maximum Gasteiger partial charge on any atom is 0.323 e. The van der Waals surface area contributed by atoms with E-state index < -0.39 is 31.1 Å². The number of aromatic nitrogens is 1. The fraction of sp³-hybridized carbons (Fsp3) is 0.333. The Morgan fingerprint density at radius 3 is 2.26 bits per heavy atom. The van der Waals surface area contributed by atoms with E-state index in [1.807, 2.05) is 4.72 Å². The molecule has 106 valence electrons. The molecule has 0 spiro atoms. The van der Waals surface area contributed by atoms with Gasteiger partial charge in [-0.05, 0) is 19.1 Å². The van der Waals surface area contributed by atoms with Gasteiger partial charge in [-0.2, -0.15) is 0 Å². The first-order valence-corrected chi connectivity index (χ1v) is 8.38. The van der Waals surface area contributed by atoms with Gasteiger partial charge in [0.1, 0.15) is 0 Å². The second kappa shape index (κ2) is 5.13. The van der Waals surface area contributed by atoms with Crippen LogP contribution < -0.4 is 4.72 Å². The molecule has 10 heteroatoms. The lowest BCUT2D eigenvalue weighted by molar-refractivity contribution is -0.136. The Bertz CT molecular complexity index is 678. The van der Waals surface area contributed by atoms with Crippen LogP contribution >= 0.6 is 0 Å². The summed E-state index contributed by atoms with van der Waals surface area (Å²) in [6.07, 6.45) is 1.97. The van der Waals surface area contributed by atoms with E-state index in [4.69, 9.17) is 5.11 Å². The molecule has 0 saturated carbocycles. The third-order valence-corrected chi connectivity index (χ3v) is 4.84. The summed E-state index contributed by atoms with van der Waals surface area (Å²) >= 11 is 0. The molecule has 0 amide bonds. The van der Waals surface area contributed by atoms with Crippen molar-refractivity contribution in [1.29, 1.82) is 0 Å². The first-order chi connectivity index (χ1) is 8.54. The molecule has 1 aromatic heterocycles. The van der Waals surface area contributed by atoms with E-state index in [1.165, 1.54) is 6.07 Å². The molecule has 0 aliphatic heterocycles. The van der Waals surface area contributed by atoms with Crippen molar-refractivity contribution in [2.45, 2.75) is 17.2 Å². The van der Waals surface area contributed by atoms with E-state index in [1.54, 1.807) is 0 Å². The van der Waals surface area contributed by atoms with Crippen LogP contribution in [0.25, 0.3) is 0 Å². The second-order valence-corrected chi connectivity index (χ2v) is 7.75. The molecule has 0 aliphatic carbocycles. The van der Waals surface area contributed by atoms with Gasteiger partial charge in [0.25, 0.3) is 0 Å². The number of carboxylic acid groups (broad SMARTS) is 1. The molecule has 0 aromatic carbocycles. The lowest BCUT2D eigenvalue weighted by Gasteiger charge is -2.10. The summed E-state index contributed by atoms with van der Waals surface area (Å²) in [7, 11) is -7.58. The van der Waals surface area contributed by atoms with Crippen LogP contribution in [-0.4, -0.2) is 44.4 Å². The number of hydrogen-bond acceptors (Lipinski definition) is 6. The van der Waals surface area contributed by atoms with E-state index in [0.717, 1.165) is 25.4 Å². The number of carboxylic acids is 1. The summed E-state index contributed by atoms with van der Waals surface area (Å²) in [6.45, 7) is 1.02. The minimum Gasteiger partial charge on any atom is -0.480 e. The normalized spacial score (nSPS) is 13.8. The molecule has 1 heterocycles. The molecule has 2 N–H and O–H groups in total. The Kier molecular flexibility index (Phi) is 4.15. The molecule has 1 unspecified atom stereocenters. The Balaban J connectivity index is 2.99. The summed E-state index contributed by atoms with van der Waals surface area (Å²) in [6, 6.07) is 2.31. The maximum atomic E-state index is 11.6. The minimum atomic E-state index is -4.10. The zero-order valence-electron chi connectivity index (χ0n) is 10.1. The third-order valence-electron chi connectivity index (χ3n) is 2.19. The van der Waals surface area contributed by atoms with Crippen molar-refractivity contribution >= 4 is 31.5 Å². The van der Waals surface area contributed by atoms with Crippen LogP contribution in [0.15, 0.2) is 23.4 Å². The summed E-state index contributed by atoms with van der Waals surface area (Å²) < 4.78 is 47.5. The molecule has 1 rings (SSSR count). The number of sulfone groups is 1. The maximum absolute atomic E-state index is 11.6. The van der Waals surface area contributed by atoms with E-state index >= 15 is 0 Å². The average molecular weight is 308 g/mol. The number of pyridine rings is 1. The lowest BCUT2D eigenvalue weighted by Crippen LogP contribution is -2.32. The van der Waals surface area contributed by atoms with Crippen LogP contribution in [0.5, 0.6) is 0 Å². The fourth-order valence-electron chi connectivity index (χ4n) is 1.05. The van der Waals surface area contributed by atoms with E-state index in [0.29, 0.717) is 0 Å². The molecule has 0 fully saturated rings. The van der Waals surface area contributed by atoms with Gasteiger partial charge >= 0.3 is 5.97 Å². The topological polar surface area (TPSA) is 130 Å². The third kappa shape index (κ3) is 3.89. The van der Waals surface area contributed by atoms with Crippen LogP contribution in [0, 0.1) is 0 Å². The zero-order valence-corrected chi connectivity index (χ0v) is 11.7. The van der Waals surface area contributed by atoms with Gasteiger partial charge in [0.05, 0.1) is 11.9 Å². The smallest absolute Gasteiger partial charge is 0.323 e. The zero-order chi connectivity index (χ0) is 14.8. The van der Waals surface area contributed by atoms with Gasteiger partial charge in [-0.25, -0.2) is 21.8 Å². The number of rotatable bonds is 5. The number of sulfonamides is 1. The molecular weight excluding hydrogens is 296 g/mol. The summed E-state index contributed by atoms with van der Waals surface area (Å²) in [5.41, 5.74) is -0.0134. The van der Waals surface area contributed by atoms with Crippen molar-refractivity contribution in [3.8, 4) is 0 Å². The summed E-state index contributed by atoms with van der Waals surface area (Å²) in [4.78, 5) is 14.2. The van der Waals surface area contributed by atoms with Crippen LogP contribution in [0.3, 0.4) is 0 Å².